The number of fused-ring (bicyclic) bond motifs is 1. The van der Waals surface area contributed by atoms with E-state index >= 15 is 0 Å². The van der Waals surface area contributed by atoms with Crippen molar-refractivity contribution in [3.05, 3.63) is 35.5 Å². The number of nitrogens with one attached hydrogen (secondary N) is 2. The van der Waals surface area contributed by atoms with Gasteiger partial charge in [-0.3, -0.25) is 9.59 Å². The summed E-state index contributed by atoms with van der Waals surface area (Å²) in [6, 6.07) is 5.86. The van der Waals surface area contributed by atoms with E-state index in [-0.39, 0.29) is 11.8 Å². The van der Waals surface area contributed by atoms with E-state index in [2.05, 4.69) is 10.6 Å². The van der Waals surface area contributed by atoms with Gasteiger partial charge in [-0.25, -0.2) is 4.79 Å². The molecule has 0 aliphatic carbocycles. The largest absolute Gasteiger partial charge is 0.480 e. The van der Waals surface area contributed by atoms with Crippen molar-refractivity contribution in [2.45, 2.75) is 46.2 Å². The molecule has 2 unspecified atom stereocenters. The normalized spacial score (nSPS) is 13.4. The molecule has 0 fully saturated rings. The van der Waals surface area contributed by atoms with E-state index in [1.165, 1.54) is 6.92 Å². The van der Waals surface area contributed by atoms with Gasteiger partial charge in [0, 0.05) is 18.0 Å². The molecular formula is C20H27N3O4. The number of aliphatic carboxylic acids is 1. The van der Waals surface area contributed by atoms with Crippen molar-refractivity contribution in [2.24, 2.45) is 13.0 Å². The van der Waals surface area contributed by atoms with Gasteiger partial charge >= 0.3 is 5.97 Å². The lowest BCUT2D eigenvalue weighted by Crippen LogP contribution is -2.50. The lowest BCUT2D eigenvalue weighted by Gasteiger charge is -2.20. The van der Waals surface area contributed by atoms with Crippen LogP contribution >= 0.6 is 0 Å². The maximum atomic E-state index is 12.6. The van der Waals surface area contributed by atoms with Gasteiger partial charge in [0.1, 0.15) is 17.8 Å². The Hall–Kier alpha value is -2.83. The molecule has 2 rings (SSSR count). The number of hydrogen-bond donors (Lipinski definition) is 3. The van der Waals surface area contributed by atoms with Crippen LogP contribution in [-0.2, 0) is 16.6 Å². The second kappa shape index (κ2) is 8.24. The van der Waals surface area contributed by atoms with Gasteiger partial charge in [0.25, 0.3) is 5.91 Å². The van der Waals surface area contributed by atoms with E-state index in [1.807, 2.05) is 39.0 Å². The minimum absolute atomic E-state index is 0.121. The Morgan fingerprint density at radius 2 is 1.78 bits per heavy atom. The molecule has 2 amide bonds. The van der Waals surface area contributed by atoms with Crippen LogP contribution in [0.4, 0.5) is 0 Å². The molecule has 0 aliphatic heterocycles. The lowest BCUT2D eigenvalue weighted by molar-refractivity contribution is -0.142. The smallest absolute Gasteiger partial charge is 0.326 e. The Kier molecular flexibility index (Phi) is 6.25. The number of aromatic nitrogens is 1. The Balaban J connectivity index is 2.09. The molecule has 146 valence electrons. The van der Waals surface area contributed by atoms with Crippen LogP contribution in [0.1, 0.15) is 43.2 Å². The fourth-order valence-electron chi connectivity index (χ4n) is 3.01. The average Bonchev–Trinajstić information content (AvgIpc) is 2.89. The molecule has 0 saturated heterocycles. The zero-order chi connectivity index (χ0) is 20.3. The van der Waals surface area contributed by atoms with E-state index in [9.17, 15) is 19.5 Å². The van der Waals surface area contributed by atoms with Crippen LogP contribution in [0.5, 0.6) is 0 Å². The fourth-order valence-corrected chi connectivity index (χ4v) is 3.01. The molecule has 0 saturated carbocycles. The number of carbonyl (C=O) groups is 3. The van der Waals surface area contributed by atoms with Gasteiger partial charge in [0.15, 0.2) is 0 Å². The number of amides is 2. The lowest BCUT2D eigenvalue weighted by atomic mass is 10.0. The van der Waals surface area contributed by atoms with E-state index in [4.69, 9.17) is 0 Å². The monoisotopic (exact) mass is 373 g/mol. The Bertz CT molecular complexity index is 869. The molecule has 1 heterocycles. The van der Waals surface area contributed by atoms with Crippen LogP contribution in [0.25, 0.3) is 10.9 Å². The molecule has 1 aromatic heterocycles. The minimum Gasteiger partial charge on any atom is -0.480 e. The Morgan fingerprint density at radius 1 is 1.11 bits per heavy atom. The van der Waals surface area contributed by atoms with Crippen molar-refractivity contribution in [1.29, 1.82) is 0 Å². The van der Waals surface area contributed by atoms with Crippen LogP contribution in [-0.4, -0.2) is 39.5 Å². The summed E-state index contributed by atoms with van der Waals surface area (Å²) in [7, 11) is 1.79. The highest BCUT2D eigenvalue weighted by molar-refractivity contribution is 6.01. The zero-order valence-electron chi connectivity index (χ0n) is 16.4. The van der Waals surface area contributed by atoms with Crippen molar-refractivity contribution >= 4 is 28.7 Å². The molecule has 1 aromatic carbocycles. The first-order valence-electron chi connectivity index (χ1n) is 9.00. The summed E-state index contributed by atoms with van der Waals surface area (Å²) in [5.74, 6) is -1.87. The number of carboxylic acid groups (broad SMARTS) is 1. The van der Waals surface area contributed by atoms with Crippen LogP contribution < -0.4 is 10.6 Å². The summed E-state index contributed by atoms with van der Waals surface area (Å²) in [6.07, 6.45) is 0.324. The zero-order valence-corrected chi connectivity index (χ0v) is 16.4. The molecule has 0 bridgehead atoms. The first-order chi connectivity index (χ1) is 12.6. The summed E-state index contributed by atoms with van der Waals surface area (Å²) >= 11 is 0. The highest BCUT2D eigenvalue weighted by Crippen LogP contribution is 2.20. The molecule has 2 atom stereocenters. The Morgan fingerprint density at radius 3 is 2.37 bits per heavy atom. The van der Waals surface area contributed by atoms with Crippen molar-refractivity contribution in [3.63, 3.8) is 0 Å². The van der Waals surface area contributed by atoms with Gasteiger partial charge in [0.05, 0.1) is 0 Å². The molecule has 0 aliphatic rings. The molecule has 27 heavy (non-hydrogen) atoms. The standard InChI is InChI=1S/C20H27N3O4/c1-11(2)8-15(20(26)27)22-18(24)13(4)21-19(25)17-10-14-9-12(3)6-7-16(14)23(17)5/h6-7,9-11,13,15H,8H2,1-5H3,(H,21,25)(H,22,24)(H,26,27). The van der Waals surface area contributed by atoms with Crippen molar-refractivity contribution < 1.29 is 19.5 Å². The Labute approximate surface area is 158 Å². The topological polar surface area (TPSA) is 100 Å². The molecule has 0 spiro atoms. The number of benzene rings is 1. The van der Waals surface area contributed by atoms with E-state index in [0.29, 0.717) is 12.1 Å². The van der Waals surface area contributed by atoms with Gasteiger partial charge in [-0.05, 0) is 44.4 Å². The maximum absolute atomic E-state index is 12.6. The molecular weight excluding hydrogens is 346 g/mol. The highest BCUT2D eigenvalue weighted by Gasteiger charge is 2.25. The first-order valence-corrected chi connectivity index (χ1v) is 9.00. The van der Waals surface area contributed by atoms with E-state index in [1.54, 1.807) is 17.7 Å². The second-order valence-corrected chi connectivity index (χ2v) is 7.37. The van der Waals surface area contributed by atoms with Gasteiger partial charge in [-0.2, -0.15) is 0 Å². The molecule has 3 N–H and O–H groups in total. The molecule has 7 heteroatoms. The molecule has 0 radical (unpaired) electrons. The third-order valence-corrected chi connectivity index (χ3v) is 4.49. The van der Waals surface area contributed by atoms with Gasteiger partial charge in [-0.1, -0.05) is 25.5 Å². The number of nitrogens with zero attached hydrogens (tertiary/aromatic N) is 1. The number of carboxylic acids is 1. The number of carbonyl (C=O) groups excluding carboxylic acids is 2. The molecule has 7 nitrogen and oxygen atoms in total. The summed E-state index contributed by atoms with van der Waals surface area (Å²) < 4.78 is 1.77. The maximum Gasteiger partial charge on any atom is 0.326 e. The predicted molar refractivity (Wildman–Crippen MR) is 104 cm³/mol. The van der Waals surface area contributed by atoms with Crippen molar-refractivity contribution in [1.82, 2.24) is 15.2 Å². The van der Waals surface area contributed by atoms with Gasteiger partial charge < -0.3 is 20.3 Å². The highest BCUT2D eigenvalue weighted by atomic mass is 16.4. The summed E-state index contributed by atoms with van der Waals surface area (Å²) in [5, 5.41) is 15.3. The first kappa shape index (κ1) is 20.5. The second-order valence-electron chi connectivity index (χ2n) is 7.37. The SMILES string of the molecule is Cc1ccc2c(c1)cc(C(=O)NC(C)C(=O)NC(CC(C)C)C(=O)O)n2C. The third kappa shape index (κ3) is 4.87. The summed E-state index contributed by atoms with van der Waals surface area (Å²) in [6.45, 7) is 7.28. The summed E-state index contributed by atoms with van der Waals surface area (Å²) in [5.41, 5.74) is 2.45. The van der Waals surface area contributed by atoms with E-state index < -0.39 is 24.0 Å². The fraction of sp³-hybridized carbons (Fsp3) is 0.450. The van der Waals surface area contributed by atoms with Crippen molar-refractivity contribution in [2.75, 3.05) is 0 Å². The van der Waals surface area contributed by atoms with Crippen LogP contribution in [0, 0.1) is 12.8 Å². The predicted octanol–water partition coefficient (Wildman–Crippen LogP) is 2.22. The summed E-state index contributed by atoms with van der Waals surface area (Å²) in [4.78, 5) is 36.2. The number of rotatable bonds is 7. The van der Waals surface area contributed by atoms with Crippen LogP contribution in [0.15, 0.2) is 24.3 Å². The minimum atomic E-state index is -1.08. The number of hydrogen-bond acceptors (Lipinski definition) is 3. The van der Waals surface area contributed by atoms with Crippen LogP contribution in [0.2, 0.25) is 0 Å². The van der Waals surface area contributed by atoms with Crippen LogP contribution in [0.3, 0.4) is 0 Å². The molecule has 2 aromatic rings. The van der Waals surface area contributed by atoms with Gasteiger partial charge in [0.2, 0.25) is 5.91 Å². The average molecular weight is 373 g/mol. The van der Waals surface area contributed by atoms with E-state index in [0.717, 1.165) is 16.5 Å². The number of aryl methyl sites for hydroxylation is 2. The van der Waals surface area contributed by atoms with Crippen molar-refractivity contribution in [3.8, 4) is 0 Å². The quantitative estimate of drug-likeness (QED) is 0.693. The van der Waals surface area contributed by atoms with Gasteiger partial charge in [-0.15, -0.1) is 0 Å². The third-order valence-electron chi connectivity index (χ3n) is 4.49.